The Morgan fingerprint density at radius 2 is 1.83 bits per heavy atom. The maximum atomic E-state index is 13.9. The fourth-order valence-electron chi connectivity index (χ4n) is 4.95. The number of halogens is 4. The second-order valence-corrected chi connectivity index (χ2v) is 11.0. The molecule has 0 spiro atoms. The SMILES string of the molecule is CNC(=O)c1ccc(-n2c(C(=CN)CC3CC3)nc3c(c2=O)CCN(C(=O)c2ccc(Br)c(C(F)(F)F)c2)C3)cc1. The summed E-state index contributed by atoms with van der Waals surface area (Å²) in [6.07, 6.45) is -0.300. The van der Waals surface area contributed by atoms with Crippen LogP contribution in [0.15, 0.2) is 57.9 Å². The molecule has 1 fully saturated rings. The molecule has 12 heteroatoms. The van der Waals surface area contributed by atoms with Gasteiger partial charge in [-0.1, -0.05) is 15.9 Å². The van der Waals surface area contributed by atoms with E-state index in [0.29, 0.717) is 46.2 Å². The Labute approximate surface area is 242 Å². The van der Waals surface area contributed by atoms with E-state index in [1.165, 1.54) is 34.8 Å². The van der Waals surface area contributed by atoms with Gasteiger partial charge in [0, 0.05) is 46.5 Å². The molecule has 2 aromatic carbocycles. The van der Waals surface area contributed by atoms with Gasteiger partial charge in [0.2, 0.25) is 0 Å². The zero-order chi connectivity index (χ0) is 29.5. The molecule has 1 aromatic heterocycles. The van der Waals surface area contributed by atoms with E-state index >= 15 is 0 Å². The summed E-state index contributed by atoms with van der Waals surface area (Å²) >= 11 is 2.90. The Hall–Kier alpha value is -3.93. The molecular formula is C29H27BrF3N5O3. The first kappa shape index (κ1) is 28.6. The van der Waals surface area contributed by atoms with Crippen LogP contribution >= 0.6 is 15.9 Å². The van der Waals surface area contributed by atoms with Crippen LogP contribution in [0, 0.1) is 5.92 Å². The summed E-state index contributed by atoms with van der Waals surface area (Å²) in [5.74, 6) is -0.0753. The molecule has 1 aliphatic heterocycles. The summed E-state index contributed by atoms with van der Waals surface area (Å²) in [6, 6.07) is 9.93. The molecule has 214 valence electrons. The van der Waals surface area contributed by atoms with E-state index in [2.05, 4.69) is 21.2 Å². The quantitative estimate of drug-likeness (QED) is 0.412. The standard InChI is InChI=1S/C29H27BrF3N5O3/c1-35-26(39)17-4-7-20(8-5-17)38-25(19(14-34)12-16-2-3-16)36-24-15-37(11-10-21(24)28(38)41)27(40)18-6-9-23(30)22(13-18)29(31,32)33/h4-9,13-14,16H,2-3,10-12,15,34H2,1H3,(H,35,39). The lowest BCUT2D eigenvalue weighted by atomic mass is 10.0. The number of allylic oxidation sites excluding steroid dienone is 1. The van der Waals surface area contributed by atoms with Crippen LogP contribution in [0.2, 0.25) is 0 Å². The maximum Gasteiger partial charge on any atom is 0.417 e. The Bertz CT molecular complexity index is 1610. The van der Waals surface area contributed by atoms with Crippen molar-refractivity contribution in [3.05, 3.63) is 97.3 Å². The first-order chi connectivity index (χ1) is 19.5. The van der Waals surface area contributed by atoms with Crippen LogP contribution in [0.3, 0.4) is 0 Å². The van der Waals surface area contributed by atoms with Gasteiger partial charge < -0.3 is 16.0 Å². The zero-order valence-electron chi connectivity index (χ0n) is 22.1. The summed E-state index contributed by atoms with van der Waals surface area (Å²) in [6.45, 7) is 0.0995. The van der Waals surface area contributed by atoms with Crippen LogP contribution in [0.1, 0.15) is 62.6 Å². The maximum absolute atomic E-state index is 13.9. The first-order valence-electron chi connectivity index (χ1n) is 13.1. The van der Waals surface area contributed by atoms with E-state index in [-0.39, 0.29) is 41.0 Å². The highest BCUT2D eigenvalue weighted by molar-refractivity contribution is 9.10. The molecule has 3 N–H and O–H groups in total. The molecule has 0 saturated heterocycles. The van der Waals surface area contributed by atoms with Gasteiger partial charge in [-0.25, -0.2) is 4.98 Å². The van der Waals surface area contributed by atoms with Crippen molar-refractivity contribution in [3.63, 3.8) is 0 Å². The topological polar surface area (TPSA) is 110 Å². The lowest BCUT2D eigenvalue weighted by Crippen LogP contribution is -2.41. The van der Waals surface area contributed by atoms with Gasteiger partial charge in [0.05, 0.1) is 23.5 Å². The van der Waals surface area contributed by atoms with Gasteiger partial charge in [0.1, 0.15) is 5.82 Å². The molecule has 0 radical (unpaired) electrons. The molecule has 3 aromatic rings. The molecule has 2 heterocycles. The summed E-state index contributed by atoms with van der Waals surface area (Å²) in [5.41, 5.74) is 7.07. The van der Waals surface area contributed by atoms with Crippen LogP contribution in [-0.2, 0) is 19.1 Å². The zero-order valence-corrected chi connectivity index (χ0v) is 23.7. The lowest BCUT2D eigenvalue weighted by Gasteiger charge is -2.29. The van der Waals surface area contributed by atoms with E-state index in [1.54, 1.807) is 24.3 Å². The number of rotatable bonds is 6. The summed E-state index contributed by atoms with van der Waals surface area (Å²) < 4.78 is 41.7. The second kappa shape index (κ2) is 11.2. The van der Waals surface area contributed by atoms with Crippen molar-refractivity contribution in [1.29, 1.82) is 0 Å². The molecule has 1 aliphatic carbocycles. The number of benzene rings is 2. The van der Waals surface area contributed by atoms with Crippen LogP contribution < -0.4 is 16.6 Å². The molecular weight excluding hydrogens is 603 g/mol. The van der Waals surface area contributed by atoms with Crippen molar-refractivity contribution >= 4 is 33.3 Å². The molecule has 8 nitrogen and oxygen atoms in total. The van der Waals surface area contributed by atoms with Crippen molar-refractivity contribution in [2.45, 2.75) is 38.4 Å². The largest absolute Gasteiger partial charge is 0.417 e. The monoisotopic (exact) mass is 629 g/mol. The number of nitrogens with one attached hydrogen (secondary N) is 1. The number of fused-ring (bicyclic) bond motifs is 1. The average molecular weight is 630 g/mol. The van der Waals surface area contributed by atoms with E-state index < -0.39 is 17.6 Å². The Balaban J connectivity index is 1.54. The number of amides is 2. The Morgan fingerprint density at radius 1 is 1.15 bits per heavy atom. The van der Waals surface area contributed by atoms with Crippen molar-refractivity contribution < 1.29 is 22.8 Å². The van der Waals surface area contributed by atoms with Gasteiger partial charge in [0.15, 0.2) is 0 Å². The van der Waals surface area contributed by atoms with E-state index in [9.17, 15) is 27.6 Å². The number of hydrogen-bond acceptors (Lipinski definition) is 5. The molecule has 0 bridgehead atoms. The highest BCUT2D eigenvalue weighted by Crippen LogP contribution is 2.38. The third-order valence-corrected chi connectivity index (χ3v) is 8.04. The smallest absolute Gasteiger partial charge is 0.404 e. The molecule has 2 amide bonds. The molecule has 41 heavy (non-hydrogen) atoms. The predicted octanol–water partition coefficient (Wildman–Crippen LogP) is 4.67. The fourth-order valence-corrected chi connectivity index (χ4v) is 5.42. The van der Waals surface area contributed by atoms with Crippen molar-refractivity contribution in [1.82, 2.24) is 19.8 Å². The predicted molar refractivity (Wildman–Crippen MR) is 150 cm³/mol. The summed E-state index contributed by atoms with van der Waals surface area (Å²) in [4.78, 5) is 45.5. The third-order valence-electron chi connectivity index (χ3n) is 7.35. The van der Waals surface area contributed by atoms with Gasteiger partial charge in [-0.15, -0.1) is 0 Å². The number of hydrogen-bond donors (Lipinski definition) is 2. The van der Waals surface area contributed by atoms with Crippen LogP contribution in [0.4, 0.5) is 13.2 Å². The Kier molecular flexibility index (Phi) is 7.78. The minimum Gasteiger partial charge on any atom is -0.404 e. The minimum atomic E-state index is -4.63. The fraction of sp³-hybridized carbons (Fsp3) is 0.310. The molecule has 1 saturated carbocycles. The minimum absolute atomic E-state index is 0.0362. The van der Waals surface area contributed by atoms with E-state index in [4.69, 9.17) is 10.7 Å². The normalized spacial score (nSPS) is 15.4. The number of carbonyl (C=O) groups excluding carboxylic acids is 2. The van der Waals surface area contributed by atoms with Crippen molar-refractivity contribution in [2.75, 3.05) is 13.6 Å². The van der Waals surface area contributed by atoms with Gasteiger partial charge in [-0.3, -0.25) is 19.0 Å². The number of aromatic nitrogens is 2. The van der Waals surface area contributed by atoms with Crippen LogP contribution in [0.25, 0.3) is 11.3 Å². The third kappa shape index (κ3) is 5.79. The summed E-state index contributed by atoms with van der Waals surface area (Å²) in [7, 11) is 1.53. The highest BCUT2D eigenvalue weighted by Gasteiger charge is 2.35. The van der Waals surface area contributed by atoms with Gasteiger partial charge in [-0.05, 0) is 74.1 Å². The van der Waals surface area contributed by atoms with Gasteiger partial charge in [0.25, 0.3) is 17.4 Å². The molecule has 5 rings (SSSR count). The van der Waals surface area contributed by atoms with Crippen LogP contribution in [-0.4, -0.2) is 39.9 Å². The lowest BCUT2D eigenvalue weighted by molar-refractivity contribution is -0.138. The number of nitrogens with two attached hydrogens (primary N) is 1. The van der Waals surface area contributed by atoms with Crippen molar-refractivity contribution in [2.24, 2.45) is 11.7 Å². The second-order valence-electron chi connectivity index (χ2n) is 10.1. The molecule has 2 aliphatic rings. The number of carbonyl (C=O) groups is 2. The number of alkyl halides is 3. The Morgan fingerprint density at radius 3 is 2.44 bits per heavy atom. The number of nitrogens with zero attached hydrogens (tertiary/aromatic N) is 3. The molecule has 0 atom stereocenters. The summed E-state index contributed by atoms with van der Waals surface area (Å²) in [5, 5.41) is 2.56. The average Bonchev–Trinajstić information content (AvgIpc) is 3.79. The highest BCUT2D eigenvalue weighted by atomic mass is 79.9. The van der Waals surface area contributed by atoms with Gasteiger partial charge >= 0.3 is 6.18 Å². The molecule has 0 unspecified atom stereocenters. The van der Waals surface area contributed by atoms with E-state index in [0.717, 1.165) is 18.9 Å². The van der Waals surface area contributed by atoms with E-state index in [1.807, 2.05) is 0 Å². The van der Waals surface area contributed by atoms with Crippen LogP contribution in [0.5, 0.6) is 0 Å². The van der Waals surface area contributed by atoms with Gasteiger partial charge in [-0.2, -0.15) is 13.2 Å². The first-order valence-corrected chi connectivity index (χ1v) is 13.9. The van der Waals surface area contributed by atoms with Crippen molar-refractivity contribution in [3.8, 4) is 5.69 Å².